The van der Waals surface area contributed by atoms with Crippen LogP contribution in [0.1, 0.15) is 19.5 Å². The highest BCUT2D eigenvalue weighted by Gasteiger charge is 2.15. The van der Waals surface area contributed by atoms with Crippen molar-refractivity contribution in [3.05, 3.63) is 52.4 Å². The molecule has 0 spiro atoms. The average Bonchev–Trinajstić information content (AvgIpc) is 2.97. The Morgan fingerprint density at radius 1 is 1.25 bits per heavy atom. The van der Waals surface area contributed by atoms with Gasteiger partial charge in [0.15, 0.2) is 5.82 Å². The summed E-state index contributed by atoms with van der Waals surface area (Å²) in [5.74, 6) is 0.678. The molecule has 1 amide bonds. The summed E-state index contributed by atoms with van der Waals surface area (Å²) < 4.78 is 2.93. The summed E-state index contributed by atoms with van der Waals surface area (Å²) in [5, 5.41) is 7.13. The van der Waals surface area contributed by atoms with Crippen molar-refractivity contribution in [2.75, 3.05) is 0 Å². The molecule has 24 heavy (non-hydrogen) atoms. The molecule has 3 aromatic rings. The van der Waals surface area contributed by atoms with Gasteiger partial charge in [-0.1, -0.05) is 30.3 Å². The molecule has 124 valence electrons. The second-order valence-electron chi connectivity index (χ2n) is 5.95. The largest absolute Gasteiger partial charge is 0.352 e. The van der Waals surface area contributed by atoms with Gasteiger partial charge in [0.25, 0.3) is 5.56 Å². The van der Waals surface area contributed by atoms with Crippen molar-refractivity contribution in [1.82, 2.24) is 24.5 Å². The molecule has 0 saturated heterocycles. The van der Waals surface area contributed by atoms with Crippen LogP contribution in [-0.4, -0.2) is 31.1 Å². The lowest BCUT2D eigenvalue weighted by Crippen LogP contribution is -2.34. The topological polar surface area (TPSA) is 81.3 Å². The monoisotopic (exact) mass is 325 g/mol. The zero-order chi connectivity index (χ0) is 17.3. The maximum absolute atomic E-state index is 12.2. The Bertz CT molecular complexity index is 941. The predicted molar refractivity (Wildman–Crippen MR) is 90.7 cm³/mol. The Morgan fingerprint density at radius 2 is 1.96 bits per heavy atom. The third-order valence-corrected chi connectivity index (χ3v) is 3.58. The summed E-state index contributed by atoms with van der Waals surface area (Å²) in [5.41, 5.74) is 1.22. The van der Waals surface area contributed by atoms with Crippen LogP contribution in [0.25, 0.3) is 17.2 Å². The Labute approximate surface area is 139 Å². The molecule has 0 aliphatic rings. The van der Waals surface area contributed by atoms with E-state index in [1.165, 1.54) is 10.6 Å². The van der Waals surface area contributed by atoms with Crippen LogP contribution >= 0.6 is 0 Å². The fourth-order valence-corrected chi connectivity index (χ4v) is 2.52. The van der Waals surface area contributed by atoms with Gasteiger partial charge in [-0.05, 0) is 20.8 Å². The highest BCUT2D eigenvalue weighted by molar-refractivity contribution is 5.76. The number of hydrogen-bond donors (Lipinski definition) is 1. The molecule has 0 saturated carbocycles. The van der Waals surface area contributed by atoms with Crippen LogP contribution in [-0.2, 0) is 11.3 Å². The van der Waals surface area contributed by atoms with Gasteiger partial charge in [0.1, 0.15) is 6.54 Å². The van der Waals surface area contributed by atoms with E-state index >= 15 is 0 Å². The number of carbonyl (C=O) groups excluding carboxylic acids is 1. The number of amides is 1. The molecule has 0 fully saturated rings. The third-order valence-electron chi connectivity index (χ3n) is 3.58. The van der Waals surface area contributed by atoms with E-state index in [1.54, 1.807) is 11.5 Å². The normalized spacial score (nSPS) is 11.2. The number of aryl methyl sites for hydroxylation is 1. The number of hydrogen-bond acceptors (Lipinski definition) is 4. The van der Waals surface area contributed by atoms with Crippen LogP contribution in [0.15, 0.2) is 41.2 Å². The zero-order valence-corrected chi connectivity index (χ0v) is 13.9. The number of carbonyl (C=O) groups is 1. The molecule has 0 bridgehead atoms. The minimum atomic E-state index is -0.266. The van der Waals surface area contributed by atoms with Crippen molar-refractivity contribution >= 4 is 11.7 Å². The number of benzene rings is 1. The van der Waals surface area contributed by atoms with Gasteiger partial charge in [-0.2, -0.15) is 9.50 Å². The van der Waals surface area contributed by atoms with Crippen molar-refractivity contribution in [3.63, 3.8) is 0 Å². The summed E-state index contributed by atoms with van der Waals surface area (Å²) in [6, 6.07) is 10.9. The van der Waals surface area contributed by atoms with Crippen LogP contribution < -0.4 is 10.9 Å². The second-order valence-corrected chi connectivity index (χ2v) is 5.95. The van der Waals surface area contributed by atoms with Crippen LogP contribution in [0.4, 0.5) is 0 Å². The fourth-order valence-electron chi connectivity index (χ4n) is 2.52. The van der Waals surface area contributed by atoms with Crippen LogP contribution in [0.3, 0.4) is 0 Å². The molecule has 0 radical (unpaired) electrons. The van der Waals surface area contributed by atoms with Gasteiger partial charge in [0.2, 0.25) is 11.7 Å². The van der Waals surface area contributed by atoms with E-state index in [1.807, 2.05) is 44.2 Å². The van der Waals surface area contributed by atoms with Crippen molar-refractivity contribution < 1.29 is 4.79 Å². The SMILES string of the molecule is Cc1cc(=O)n2nc(-c3ccccc3)nc2n1CC(=O)NC(C)C. The Kier molecular flexibility index (Phi) is 4.16. The van der Waals surface area contributed by atoms with E-state index in [4.69, 9.17) is 0 Å². The highest BCUT2D eigenvalue weighted by Crippen LogP contribution is 2.15. The molecule has 0 aliphatic heterocycles. The van der Waals surface area contributed by atoms with E-state index in [9.17, 15) is 9.59 Å². The fraction of sp³-hybridized carbons (Fsp3) is 0.294. The smallest absolute Gasteiger partial charge is 0.275 e. The minimum absolute atomic E-state index is 0.0472. The Morgan fingerprint density at radius 3 is 2.62 bits per heavy atom. The van der Waals surface area contributed by atoms with E-state index in [-0.39, 0.29) is 24.1 Å². The minimum Gasteiger partial charge on any atom is -0.352 e. The Balaban J connectivity index is 2.10. The summed E-state index contributed by atoms with van der Waals surface area (Å²) >= 11 is 0. The summed E-state index contributed by atoms with van der Waals surface area (Å²) in [6.07, 6.45) is 0. The molecule has 7 heteroatoms. The first kappa shape index (κ1) is 15.9. The molecule has 1 N–H and O–H groups in total. The van der Waals surface area contributed by atoms with Crippen molar-refractivity contribution in [2.45, 2.75) is 33.4 Å². The van der Waals surface area contributed by atoms with Gasteiger partial charge in [0.05, 0.1) is 0 Å². The summed E-state index contributed by atoms with van der Waals surface area (Å²) in [7, 11) is 0. The van der Waals surface area contributed by atoms with Gasteiger partial charge in [0, 0.05) is 23.4 Å². The second kappa shape index (κ2) is 6.27. The maximum Gasteiger partial charge on any atom is 0.275 e. The van der Waals surface area contributed by atoms with Gasteiger partial charge >= 0.3 is 0 Å². The third kappa shape index (κ3) is 3.05. The predicted octanol–water partition coefficient (Wildman–Crippen LogP) is 1.39. The van der Waals surface area contributed by atoms with Crippen molar-refractivity contribution in [1.29, 1.82) is 0 Å². The van der Waals surface area contributed by atoms with E-state index in [2.05, 4.69) is 15.4 Å². The summed E-state index contributed by atoms with van der Waals surface area (Å²) in [6.45, 7) is 5.66. The lowest BCUT2D eigenvalue weighted by molar-refractivity contribution is -0.122. The molecule has 7 nitrogen and oxygen atoms in total. The van der Waals surface area contributed by atoms with Gasteiger partial charge in [-0.3, -0.25) is 9.59 Å². The Hall–Kier alpha value is -2.96. The number of aromatic nitrogens is 4. The molecule has 0 aliphatic carbocycles. The standard InChI is InChI=1S/C17H19N5O2/c1-11(2)18-14(23)10-21-12(3)9-15(24)22-17(21)19-16(20-22)13-7-5-4-6-8-13/h4-9,11H,10H2,1-3H3,(H,18,23). The quantitative estimate of drug-likeness (QED) is 0.786. The maximum atomic E-state index is 12.2. The molecular weight excluding hydrogens is 306 g/mol. The molecule has 1 aromatic carbocycles. The molecular formula is C17H19N5O2. The lowest BCUT2D eigenvalue weighted by Gasteiger charge is -2.13. The molecule has 0 unspecified atom stereocenters. The van der Waals surface area contributed by atoms with E-state index < -0.39 is 0 Å². The molecule has 2 heterocycles. The van der Waals surface area contributed by atoms with Gasteiger partial charge in [-0.25, -0.2) is 0 Å². The average molecular weight is 325 g/mol. The molecule has 2 aromatic heterocycles. The highest BCUT2D eigenvalue weighted by atomic mass is 16.2. The van der Waals surface area contributed by atoms with Gasteiger partial charge < -0.3 is 9.88 Å². The number of fused-ring (bicyclic) bond motifs is 1. The van der Waals surface area contributed by atoms with E-state index in [0.717, 1.165) is 5.56 Å². The zero-order valence-electron chi connectivity index (χ0n) is 13.9. The van der Waals surface area contributed by atoms with Crippen LogP contribution in [0.5, 0.6) is 0 Å². The first-order valence-electron chi connectivity index (χ1n) is 7.77. The van der Waals surface area contributed by atoms with Crippen molar-refractivity contribution in [2.24, 2.45) is 0 Å². The number of nitrogens with zero attached hydrogens (tertiary/aromatic N) is 4. The molecule has 0 atom stereocenters. The van der Waals surface area contributed by atoms with Gasteiger partial charge in [-0.15, -0.1) is 5.10 Å². The van der Waals surface area contributed by atoms with Crippen LogP contribution in [0.2, 0.25) is 0 Å². The molecule has 3 rings (SSSR count). The first-order valence-corrected chi connectivity index (χ1v) is 7.77. The first-order chi connectivity index (χ1) is 11.5. The van der Waals surface area contributed by atoms with E-state index in [0.29, 0.717) is 17.3 Å². The van der Waals surface area contributed by atoms with Crippen molar-refractivity contribution in [3.8, 4) is 11.4 Å². The number of nitrogens with one attached hydrogen (secondary N) is 1. The number of rotatable bonds is 4. The lowest BCUT2D eigenvalue weighted by atomic mass is 10.2. The summed E-state index contributed by atoms with van der Waals surface area (Å²) in [4.78, 5) is 28.8. The van der Waals surface area contributed by atoms with Crippen LogP contribution in [0, 0.1) is 6.92 Å².